The summed E-state index contributed by atoms with van der Waals surface area (Å²) < 4.78 is 0. The largest absolute Gasteiger partial charge is 0.352 e. The number of nitrogens with zero attached hydrogens (tertiary/aromatic N) is 2. The van der Waals surface area contributed by atoms with Crippen LogP contribution in [0.15, 0.2) is 35.3 Å². The molecule has 0 unspecified atom stereocenters. The summed E-state index contributed by atoms with van der Waals surface area (Å²) in [7, 11) is 0. The number of benzene rings is 1. The summed E-state index contributed by atoms with van der Waals surface area (Å²) >= 11 is 0. The minimum Gasteiger partial charge on any atom is -0.352 e. The molecule has 0 bridgehead atoms. The zero-order chi connectivity index (χ0) is 9.97. The Labute approximate surface area is 85.3 Å². The summed E-state index contributed by atoms with van der Waals surface area (Å²) in [6.45, 7) is 6.33. The summed E-state index contributed by atoms with van der Waals surface area (Å²) in [5.74, 6) is 1.17. The van der Waals surface area contributed by atoms with Crippen LogP contribution >= 0.6 is 0 Å². The molecule has 14 heavy (non-hydrogen) atoms. The molecule has 0 saturated heterocycles. The first-order valence-electron chi connectivity index (χ1n) is 5.11. The maximum absolute atomic E-state index is 4.41. The lowest BCUT2D eigenvalue weighted by Crippen LogP contribution is -2.28. The molecule has 0 radical (unpaired) electrons. The summed E-state index contributed by atoms with van der Waals surface area (Å²) in [5, 5.41) is 0. The molecule has 1 heterocycles. The van der Waals surface area contributed by atoms with Crippen molar-refractivity contribution in [1.29, 1.82) is 0 Å². The number of aliphatic imine (C=N–C) groups is 1. The molecule has 74 valence electrons. The molecule has 1 aliphatic rings. The van der Waals surface area contributed by atoms with Crippen LogP contribution in [0.4, 0.5) is 0 Å². The molecule has 2 nitrogen and oxygen atoms in total. The Kier molecular flexibility index (Phi) is 2.53. The quantitative estimate of drug-likeness (QED) is 0.696. The fraction of sp³-hybridized carbons (Fsp3) is 0.417. The van der Waals surface area contributed by atoms with Gasteiger partial charge in [0.05, 0.1) is 18.4 Å². The van der Waals surface area contributed by atoms with Crippen LogP contribution in [0.5, 0.6) is 0 Å². The van der Waals surface area contributed by atoms with Crippen molar-refractivity contribution >= 4 is 5.84 Å². The van der Waals surface area contributed by atoms with Gasteiger partial charge in [0.1, 0.15) is 0 Å². The van der Waals surface area contributed by atoms with E-state index in [0.29, 0.717) is 6.04 Å². The van der Waals surface area contributed by atoms with Gasteiger partial charge in [0.15, 0.2) is 0 Å². The summed E-state index contributed by atoms with van der Waals surface area (Å²) in [6.07, 6.45) is 0. The van der Waals surface area contributed by atoms with E-state index in [1.54, 1.807) is 0 Å². The second-order valence-corrected chi connectivity index (χ2v) is 3.71. The van der Waals surface area contributed by atoms with Crippen LogP contribution in [0, 0.1) is 0 Å². The summed E-state index contributed by atoms with van der Waals surface area (Å²) in [5.41, 5.74) is 1.36. The topological polar surface area (TPSA) is 15.6 Å². The monoisotopic (exact) mass is 188 g/mol. The molecule has 0 spiro atoms. The second kappa shape index (κ2) is 3.82. The predicted molar refractivity (Wildman–Crippen MR) is 59.5 cm³/mol. The van der Waals surface area contributed by atoms with Crippen LogP contribution in [-0.4, -0.2) is 23.8 Å². The highest BCUT2D eigenvalue weighted by molar-refractivity contribution is 5.81. The van der Waals surface area contributed by atoms with Gasteiger partial charge < -0.3 is 4.90 Å². The smallest absolute Gasteiger partial charge is 0.0963 e. The molecule has 0 aliphatic carbocycles. The van der Waals surface area contributed by atoms with Crippen molar-refractivity contribution in [1.82, 2.24) is 4.90 Å². The molecular formula is C12H16N2. The van der Waals surface area contributed by atoms with Gasteiger partial charge in [-0.2, -0.15) is 0 Å². The SMILES string of the molecule is CC1=NCCN1[C@H](C)c1ccccc1. The first-order valence-corrected chi connectivity index (χ1v) is 5.11. The van der Waals surface area contributed by atoms with Crippen molar-refractivity contribution in [3.63, 3.8) is 0 Å². The molecule has 0 fully saturated rings. The zero-order valence-corrected chi connectivity index (χ0v) is 8.77. The number of amidine groups is 1. The molecule has 2 heteroatoms. The Morgan fingerprint density at radius 3 is 2.57 bits per heavy atom. The molecule has 0 N–H and O–H groups in total. The molecule has 2 rings (SSSR count). The Bertz CT molecular complexity index is 329. The van der Waals surface area contributed by atoms with Gasteiger partial charge in [0, 0.05) is 6.54 Å². The van der Waals surface area contributed by atoms with Crippen LogP contribution in [0.25, 0.3) is 0 Å². The maximum atomic E-state index is 4.41. The van der Waals surface area contributed by atoms with Crippen molar-refractivity contribution in [3.8, 4) is 0 Å². The molecule has 1 aromatic carbocycles. The van der Waals surface area contributed by atoms with E-state index in [4.69, 9.17) is 0 Å². The van der Waals surface area contributed by atoms with E-state index in [-0.39, 0.29) is 0 Å². The first kappa shape index (κ1) is 9.25. The minimum atomic E-state index is 0.447. The Morgan fingerprint density at radius 1 is 1.29 bits per heavy atom. The van der Waals surface area contributed by atoms with Crippen LogP contribution in [0.1, 0.15) is 25.5 Å². The Balaban J connectivity index is 2.16. The standard InChI is InChI=1S/C12H16N2/c1-10(12-6-4-3-5-7-12)14-9-8-13-11(14)2/h3-7,10H,8-9H2,1-2H3/t10-/m1/s1. The fourth-order valence-corrected chi connectivity index (χ4v) is 1.96. The molecule has 1 aromatic rings. The van der Waals surface area contributed by atoms with E-state index in [9.17, 15) is 0 Å². The Hall–Kier alpha value is -1.31. The summed E-state index contributed by atoms with van der Waals surface area (Å²) in [4.78, 5) is 6.76. The van der Waals surface area contributed by atoms with Crippen LogP contribution < -0.4 is 0 Å². The average molecular weight is 188 g/mol. The lowest BCUT2D eigenvalue weighted by molar-refractivity contribution is 0.365. The highest BCUT2D eigenvalue weighted by Gasteiger charge is 2.19. The van der Waals surface area contributed by atoms with Crippen molar-refractivity contribution in [3.05, 3.63) is 35.9 Å². The molecule has 0 amide bonds. The number of hydrogen-bond acceptors (Lipinski definition) is 2. The first-order chi connectivity index (χ1) is 6.79. The lowest BCUT2D eigenvalue weighted by atomic mass is 10.1. The van der Waals surface area contributed by atoms with Crippen molar-refractivity contribution in [2.24, 2.45) is 4.99 Å². The van der Waals surface area contributed by atoms with Crippen LogP contribution in [0.3, 0.4) is 0 Å². The van der Waals surface area contributed by atoms with Crippen molar-refractivity contribution in [2.45, 2.75) is 19.9 Å². The van der Waals surface area contributed by atoms with Crippen LogP contribution in [-0.2, 0) is 0 Å². The zero-order valence-electron chi connectivity index (χ0n) is 8.77. The average Bonchev–Trinajstić information content (AvgIpc) is 2.65. The third-order valence-electron chi connectivity index (χ3n) is 2.85. The highest BCUT2D eigenvalue weighted by atomic mass is 15.2. The molecule has 1 aliphatic heterocycles. The minimum absolute atomic E-state index is 0.447. The van der Waals surface area contributed by atoms with E-state index in [1.165, 1.54) is 11.4 Å². The van der Waals surface area contributed by atoms with E-state index < -0.39 is 0 Å². The molecular weight excluding hydrogens is 172 g/mol. The van der Waals surface area contributed by atoms with Crippen LogP contribution in [0.2, 0.25) is 0 Å². The van der Waals surface area contributed by atoms with Gasteiger partial charge in [0.2, 0.25) is 0 Å². The second-order valence-electron chi connectivity index (χ2n) is 3.71. The van der Waals surface area contributed by atoms with E-state index in [2.05, 4.69) is 54.1 Å². The van der Waals surface area contributed by atoms with Crippen molar-refractivity contribution < 1.29 is 0 Å². The predicted octanol–water partition coefficient (Wildman–Crippen LogP) is 2.48. The molecule has 0 saturated carbocycles. The van der Waals surface area contributed by atoms with Gasteiger partial charge in [-0.3, -0.25) is 4.99 Å². The van der Waals surface area contributed by atoms with E-state index in [1.807, 2.05) is 0 Å². The van der Waals surface area contributed by atoms with Crippen molar-refractivity contribution in [2.75, 3.05) is 13.1 Å². The van der Waals surface area contributed by atoms with Gasteiger partial charge >= 0.3 is 0 Å². The molecule has 1 atom stereocenters. The summed E-state index contributed by atoms with van der Waals surface area (Å²) in [6, 6.07) is 11.0. The lowest BCUT2D eigenvalue weighted by Gasteiger charge is -2.26. The molecule has 0 aromatic heterocycles. The van der Waals surface area contributed by atoms with Gasteiger partial charge in [-0.1, -0.05) is 30.3 Å². The highest BCUT2D eigenvalue weighted by Crippen LogP contribution is 2.21. The maximum Gasteiger partial charge on any atom is 0.0963 e. The van der Waals surface area contributed by atoms with E-state index in [0.717, 1.165) is 13.1 Å². The van der Waals surface area contributed by atoms with E-state index >= 15 is 0 Å². The fourth-order valence-electron chi connectivity index (χ4n) is 1.96. The van der Waals surface area contributed by atoms with Gasteiger partial charge in [0.25, 0.3) is 0 Å². The van der Waals surface area contributed by atoms with Gasteiger partial charge in [-0.15, -0.1) is 0 Å². The number of hydrogen-bond donors (Lipinski definition) is 0. The third-order valence-corrected chi connectivity index (χ3v) is 2.85. The Morgan fingerprint density at radius 2 is 2.00 bits per heavy atom. The normalized spacial score (nSPS) is 18.1. The van der Waals surface area contributed by atoms with Gasteiger partial charge in [-0.25, -0.2) is 0 Å². The number of rotatable bonds is 2. The third kappa shape index (κ3) is 1.65. The van der Waals surface area contributed by atoms with Gasteiger partial charge in [-0.05, 0) is 19.4 Å².